The molecule has 2 N–H and O–H groups in total. The minimum Gasteiger partial charge on any atom is -0.496 e. The van der Waals surface area contributed by atoms with E-state index < -0.39 is 0 Å². The van der Waals surface area contributed by atoms with E-state index in [2.05, 4.69) is 30.4 Å². The lowest BCUT2D eigenvalue weighted by Crippen LogP contribution is -2.56. The summed E-state index contributed by atoms with van der Waals surface area (Å²) in [6.45, 7) is 4.91. The Kier molecular flexibility index (Phi) is 9.36. The van der Waals surface area contributed by atoms with E-state index in [1.54, 1.807) is 25.4 Å². The molecule has 1 spiro atoms. The highest BCUT2D eigenvalue weighted by molar-refractivity contribution is 6.39. The molecule has 0 radical (unpaired) electrons. The third kappa shape index (κ3) is 6.52. The van der Waals surface area contributed by atoms with Crippen LogP contribution in [0.15, 0.2) is 48.7 Å². The van der Waals surface area contributed by atoms with Crippen molar-refractivity contribution in [3.63, 3.8) is 0 Å². The lowest BCUT2D eigenvalue weighted by Gasteiger charge is -2.47. The summed E-state index contributed by atoms with van der Waals surface area (Å²) in [5, 5.41) is 6.66. The second-order valence-corrected chi connectivity index (χ2v) is 14.0. The quantitative estimate of drug-likeness (QED) is 0.216. The SMILES string of the molecule is COc1cc(-c2nccc(-c3cccc(NC(=O)c4nc5c(n4C)CCN(CCCF)C5)c3Cl)c2Cl)ccc1CN1CC2(CNC(=O)C2)C1. The number of hydrogen-bond donors (Lipinski definition) is 2. The van der Waals surface area contributed by atoms with E-state index in [0.717, 1.165) is 60.9 Å². The molecule has 4 aromatic rings. The monoisotopic (exact) mass is 705 g/mol. The third-order valence-corrected chi connectivity index (χ3v) is 10.6. The van der Waals surface area contributed by atoms with Crippen LogP contribution < -0.4 is 15.4 Å². The Morgan fingerprint density at radius 3 is 2.69 bits per heavy atom. The summed E-state index contributed by atoms with van der Waals surface area (Å²) in [6.07, 6.45) is 3.50. The number of hydrogen-bond acceptors (Lipinski definition) is 7. The Morgan fingerprint density at radius 1 is 1.12 bits per heavy atom. The van der Waals surface area contributed by atoms with Gasteiger partial charge in [-0.3, -0.25) is 28.8 Å². The average molecular weight is 707 g/mol. The van der Waals surface area contributed by atoms with Crippen LogP contribution in [-0.2, 0) is 31.4 Å². The number of nitrogens with zero attached hydrogens (tertiary/aromatic N) is 5. The number of ether oxygens (including phenoxy) is 1. The molecule has 0 bridgehead atoms. The molecule has 0 unspecified atom stereocenters. The van der Waals surface area contributed by atoms with E-state index in [9.17, 15) is 14.0 Å². The fourth-order valence-electron chi connectivity index (χ4n) is 7.38. The summed E-state index contributed by atoms with van der Waals surface area (Å²) in [4.78, 5) is 39.0. The van der Waals surface area contributed by atoms with Crippen LogP contribution in [0.25, 0.3) is 22.4 Å². The highest BCUT2D eigenvalue weighted by atomic mass is 35.5. The molecule has 2 aromatic heterocycles. The number of imidazole rings is 1. The Labute approximate surface area is 294 Å². The molecule has 0 saturated carbocycles. The number of carbonyl (C=O) groups excluding carboxylic acids is 2. The van der Waals surface area contributed by atoms with E-state index >= 15 is 0 Å². The summed E-state index contributed by atoms with van der Waals surface area (Å²) >= 11 is 14.0. The van der Waals surface area contributed by atoms with Gasteiger partial charge in [0.1, 0.15) is 5.75 Å². The zero-order valence-corrected chi connectivity index (χ0v) is 29.0. The second kappa shape index (κ2) is 13.7. The first-order chi connectivity index (χ1) is 23.7. The smallest absolute Gasteiger partial charge is 0.291 e. The van der Waals surface area contributed by atoms with Crippen molar-refractivity contribution in [3.8, 4) is 28.1 Å². The van der Waals surface area contributed by atoms with Crippen molar-refractivity contribution in [1.29, 1.82) is 0 Å². The standard InChI is InChI=1S/C36H38Cl2FN7O3/c1-44-28-10-14-45(13-4-11-39)18-27(28)42-34(44)35(48)43-26-6-3-5-24(31(26)37)25-9-12-40-33(32(25)38)22-7-8-23(29(15-22)49-2)17-46-20-36(21-46)16-30(47)41-19-36/h3,5-9,12,15H,4,10-11,13-14,16-21H2,1-2H3,(H,41,47)(H,43,48). The molecule has 0 atom stereocenters. The molecule has 2 amide bonds. The molecule has 3 aliphatic rings. The summed E-state index contributed by atoms with van der Waals surface area (Å²) in [6, 6.07) is 13.2. The topological polar surface area (TPSA) is 105 Å². The Balaban J connectivity index is 1.09. The number of fused-ring (bicyclic) bond motifs is 1. The number of likely N-dealkylation sites (tertiary alicyclic amines) is 1. The third-order valence-electron chi connectivity index (χ3n) is 9.84. The van der Waals surface area contributed by atoms with E-state index in [-0.39, 0.29) is 23.9 Å². The van der Waals surface area contributed by atoms with Crippen LogP contribution in [0, 0.1) is 5.41 Å². The van der Waals surface area contributed by atoms with Crippen molar-refractivity contribution < 1.29 is 18.7 Å². The van der Waals surface area contributed by atoms with Gasteiger partial charge >= 0.3 is 0 Å². The van der Waals surface area contributed by atoms with E-state index in [1.807, 2.05) is 41.9 Å². The molecule has 2 fully saturated rings. The van der Waals surface area contributed by atoms with E-state index in [0.29, 0.717) is 70.9 Å². The predicted octanol–water partition coefficient (Wildman–Crippen LogP) is 5.76. The van der Waals surface area contributed by atoms with Crippen LogP contribution >= 0.6 is 23.2 Å². The fraction of sp³-hybridized carbons (Fsp3) is 0.389. The molecular weight excluding hydrogens is 668 g/mol. The maximum absolute atomic E-state index is 13.5. The van der Waals surface area contributed by atoms with Gasteiger partial charge in [0.2, 0.25) is 5.91 Å². The van der Waals surface area contributed by atoms with Gasteiger partial charge in [0.15, 0.2) is 5.82 Å². The van der Waals surface area contributed by atoms with Gasteiger partial charge in [-0.25, -0.2) is 4.98 Å². The lowest BCUT2D eigenvalue weighted by molar-refractivity contribution is -0.120. The number of benzene rings is 2. The van der Waals surface area contributed by atoms with Crippen LogP contribution in [0.2, 0.25) is 10.0 Å². The number of carbonyl (C=O) groups is 2. The van der Waals surface area contributed by atoms with E-state index in [1.165, 1.54) is 0 Å². The maximum atomic E-state index is 13.5. The molecular formula is C36H38Cl2FN7O3. The Bertz CT molecular complexity index is 1930. The second-order valence-electron chi connectivity index (χ2n) is 13.2. The zero-order chi connectivity index (χ0) is 34.3. The van der Waals surface area contributed by atoms with Gasteiger partial charge in [0.05, 0.1) is 40.9 Å². The number of nitrogens with one attached hydrogen (secondary N) is 2. The average Bonchev–Trinajstić information content (AvgIpc) is 3.64. The normalized spacial score (nSPS) is 17.1. The molecule has 10 nitrogen and oxygen atoms in total. The first-order valence-electron chi connectivity index (χ1n) is 16.4. The number of pyridine rings is 1. The van der Waals surface area contributed by atoms with Gasteiger partial charge in [0.25, 0.3) is 5.91 Å². The molecule has 5 heterocycles. The predicted molar refractivity (Wildman–Crippen MR) is 188 cm³/mol. The van der Waals surface area contributed by atoms with Crippen molar-refractivity contribution in [1.82, 2.24) is 29.7 Å². The summed E-state index contributed by atoms with van der Waals surface area (Å²) in [5.74, 6) is 0.781. The number of methoxy groups -OCH3 is 1. The Morgan fingerprint density at radius 2 is 1.94 bits per heavy atom. The highest BCUT2D eigenvalue weighted by Crippen LogP contribution is 2.42. The molecule has 3 aliphatic heterocycles. The largest absolute Gasteiger partial charge is 0.496 e. The Hall–Kier alpha value is -4.03. The number of aromatic nitrogens is 3. The number of amides is 2. The molecule has 2 aromatic carbocycles. The maximum Gasteiger partial charge on any atom is 0.291 e. The molecule has 13 heteroatoms. The van der Waals surface area contributed by atoms with Crippen molar-refractivity contribution in [2.24, 2.45) is 12.5 Å². The van der Waals surface area contributed by atoms with Crippen molar-refractivity contribution in [2.75, 3.05) is 51.8 Å². The van der Waals surface area contributed by atoms with Crippen LogP contribution in [0.5, 0.6) is 5.75 Å². The zero-order valence-electron chi connectivity index (χ0n) is 27.5. The van der Waals surface area contributed by atoms with Crippen molar-refractivity contribution >= 4 is 40.7 Å². The van der Waals surface area contributed by atoms with Crippen molar-refractivity contribution in [2.45, 2.75) is 32.4 Å². The molecule has 0 aliphatic carbocycles. The summed E-state index contributed by atoms with van der Waals surface area (Å²) < 4.78 is 20.3. The van der Waals surface area contributed by atoms with Crippen LogP contribution in [0.3, 0.4) is 0 Å². The van der Waals surface area contributed by atoms with Crippen LogP contribution in [-0.4, -0.2) is 82.7 Å². The minimum atomic E-state index is -0.373. The first-order valence-corrected chi connectivity index (χ1v) is 17.2. The number of alkyl halides is 1. The van der Waals surface area contributed by atoms with E-state index in [4.69, 9.17) is 27.9 Å². The van der Waals surface area contributed by atoms with Crippen molar-refractivity contribution in [3.05, 3.63) is 81.5 Å². The van der Waals surface area contributed by atoms with Gasteiger partial charge in [-0.2, -0.15) is 0 Å². The molecule has 256 valence electrons. The van der Waals surface area contributed by atoms with Gasteiger partial charge in [-0.1, -0.05) is 47.5 Å². The van der Waals surface area contributed by atoms with Crippen LogP contribution in [0.1, 0.15) is 40.4 Å². The number of rotatable bonds is 10. The number of halogens is 3. The molecule has 49 heavy (non-hydrogen) atoms. The van der Waals surface area contributed by atoms with Crippen LogP contribution in [0.4, 0.5) is 10.1 Å². The number of anilines is 1. The van der Waals surface area contributed by atoms with Gasteiger partial charge in [-0.15, -0.1) is 0 Å². The van der Waals surface area contributed by atoms with Gasteiger partial charge < -0.3 is 19.9 Å². The first kappa shape index (κ1) is 33.5. The molecule has 2 saturated heterocycles. The summed E-state index contributed by atoms with van der Waals surface area (Å²) in [7, 11) is 3.49. The van der Waals surface area contributed by atoms with Gasteiger partial charge in [0, 0.05) is 105 Å². The minimum absolute atomic E-state index is 0.0573. The molecule has 7 rings (SSSR count). The summed E-state index contributed by atoms with van der Waals surface area (Å²) in [5.41, 5.74) is 6.06. The highest BCUT2D eigenvalue weighted by Gasteiger charge is 2.47. The van der Waals surface area contributed by atoms with Gasteiger partial charge in [-0.05, 0) is 24.6 Å². The fourth-order valence-corrected chi connectivity index (χ4v) is 7.98. The lowest BCUT2D eigenvalue weighted by atomic mass is 9.79.